The molecule has 8 heteroatoms. The zero-order valence-corrected chi connectivity index (χ0v) is 19.2. The van der Waals surface area contributed by atoms with E-state index in [1.165, 1.54) is 4.90 Å². The molecular formula is C25H20Cl2N2O4. The molecule has 2 heterocycles. The number of likely N-dealkylation sites (tertiary alicyclic amines) is 1. The number of halogens is 2. The fourth-order valence-electron chi connectivity index (χ4n) is 3.82. The third kappa shape index (κ3) is 4.58. The van der Waals surface area contributed by atoms with E-state index in [1.807, 2.05) is 13.0 Å². The Kier molecular flexibility index (Phi) is 6.67. The molecule has 1 fully saturated rings. The van der Waals surface area contributed by atoms with Gasteiger partial charge in [0.25, 0.3) is 11.7 Å². The first-order valence-corrected chi connectivity index (χ1v) is 11.0. The van der Waals surface area contributed by atoms with Crippen molar-refractivity contribution in [1.82, 2.24) is 9.88 Å². The number of aliphatic hydroxyl groups is 1. The molecular weight excluding hydrogens is 463 g/mol. The van der Waals surface area contributed by atoms with Crippen molar-refractivity contribution in [2.75, 3.05) is 6.61 Å². The van der Waals surface area contributed by atoms with Gasteiger partial charge in [0.2, 0.25) is 0 Å². The van der Waals surface area contributed by atoms with Crippen molar-refractivity contribution in [3.63, 3.8) is 0 Å². The van der Waals surface area contributed by atoms with E-state index in [9.17, 15) is 14.7 Å². The van der Waals surface area contributed by atoms with E-state index in [-0.39, 0.29) is 22.9 Å². The second-order valence-electron chi connectivity index (χ2n) is 7.42. The lowest BCUT2D eigenvalue weighted by atomic mass is 9.95. The number of hydrogen-bond donors (Lipinski definition) is 1. The molecule has 1 unspecified atom stereocenters. The minimum Gasteiger partial charge on any atom is -0.507 e. The summed E-state index contributed by atoms with van der Waals surface area (Å²) in [5.41, 5.74) is 1.62. The number of aromatic nitrogens is 1. The molecule has 2 aromatic carbocycles. The maximum atomic E-state index is 13.2. The highest BCUT2D eigenvalue weighted by atomic mass is 35.5. The van der Waals surface area contributed by atoms with Crippen LogP contribution in [0.3, 0.4) is 0 Å². The van der Waals surface area contributed by atoms with E-state index in [2.05, 4.69) is 4.98 Å². The highest BCUT2D eigenvalue weighted by Gasteiger charge is 2.46. The van der Waals surface area contributed by atoms with Gasteiger partial charge in [-0.25, -0.2) is 0 Å². The van der Waals surface area contributed by atoms with Gasteiger partial charge in [0.05, 0.1) is 28.3 Å². The van der Waals surface area contributed by atoms with E-state index >= 15 is 0 Å². The minimum atomic E-state index is -0.865. The van der Waals surface area contributed by atoms with Gasteiger partial charge in [0.15, 0.2) is 0 Å². The van der Waals surface area contributed by atoms with Crippen LogP contribution in [-0.4, -0.2) is 33.3 Å². The van der Waals surface area contributed by atoms with Crippen molar-refractivity contribution < 1.29 is 19.4 Å². The predicted octanol–water partition coefficient (Wildman–Crippen LogP) is 5.41. The predicted molar refractivity (Wildman–Crippen MR) is 126 cm³/mol. The number of benzene rings is 2. The number of carbonyl (C=O) groups excluding carboxylic acids is 2. The number of Topliss-reactive ketones (excluding diaryl/α,β-unsaturated/α-hetero) is 1. The Morgan fingerprint density at radius 2 is 1.91 bits per heavy atom. The summed E-state index contributed by atoms with van der Waals surface area (Å²) in [5.74, 6) is -1.26. The van der Waals surface area contributed by atoms with Gasteiger partial charge < -0.3 is 14.7 Å². The first-order chi connectivity index (χ1) is 15.9. The lowest BCUT2D eigenvalue weighted by Crippen LogP contribution is -2.29. The van der Waals surface area contributed by atoms with Gasteiger partial charge in [0, 0.05) is 24.5 Å². The Bertz CT molecular complexity index is 1240. The fourth-order valence-corrected chi connectivity index (χ4v) is 4.12. The van der Waals surface area contributed by atoms with Crippen LogP contribution in [-0.2, 0) is 16.1 Å². The van der Waals surface area contributed by atoms with E-state index in [0.29, 0.717) is 28.5 Å². The van der Waals surface area contributed by atoms with Crippen LogP contribution in [0.5, 0.6) is 5.75 Å². The number of nitrogens with zero attached hydrogens (tertiary/aromatic N) is 2. The number of ether oxygens (including phenoxy) is 1. The summed E-state index contributed by atoms with van der Waals surface area (Å²) >= 11 is 12.3. The second-order valence-corrected chi connectivity index (χ2v) is 8.24. The van der Waals surface area contributed by atoms with Crippen LogP contribution >= 0.6 is 23.2 Å². The second kappa shape index (κ2) is 9.65. The Labute approximate surface area is 201 Å². The maximum absolute atomic E-state index is 13.2. The van der Waals surface area contributed by atoms with Crippen molar-refractivity contribution in [3.05, 3.63) is 99.3 Å². The first-order valence-electron chi connectivity index (χ1n) is 10.3. The van der Waals surface area contributed by atoms with Gasteiger partial charge >= 0.3 is 0 Å². The highest BCUT2D eigenvalue weighted by Crippen LogP contribution is 2.41. The molecule has 1 atom stereocenters. The largest absolute Gasteiger partial charge is 0.507 e. The van der Waals surface area contributed by atoms with Gasteiger partial charge in [-0.2, -0.15) is 0 Å². The summed E-state index contributed by atoms with van der Waals surface area (Å²) in [5, 5.41) is 11.8. The molecule has 1 aliphatic rings. The van der Waals surface area contributed by atoms with Gasteiger partial charge in [-0.15, -0.1) is 0 Å². The molecule has 1 aromatic heterocycles. The van der Waals surface area contributed by atoms with Crippen molar-refractivity contribution >= 4 is 40.7 Å². The Morgan fingerprint density at radius 3 is 2.61 bits per heavy atom. The van der Waals surface area contributed by atoms with Gasteiger partial charge in [0.1, 0.15) is 11.5 Å². The number of hydrogen-bond acceptors (Lipinski definition) is 5. The average molecular weight is 483 g/mol. The van der Waals surface area contributed by atoms with Crippen molar-refractivity contribution in [3.8, 4) is 5.75 Å². The topological polar surface area (TPSA) is 79.7 Å². The molecule has 1 saturated heterocycles. The standard InChI is InChI=1S/C25H20Cl2N2O4/c1-2-33-18-7-3-6-17(11-18)23(30)21-22(16-8-9-19(26)20(27)12-16)29(25(32)24(21)31)14-15-5-4-10-28-13-15/h3-13,22,30H,2,14H2,1H3/b23-21+. The Balaban J connectivity index is 1.87. The Hall–Kier alpha value is -3.35. The number of ketones is 1. The zero-order valence-electron chi connectivity index (χ0n) is 17.7. The van der Waals surface area contributed by atoms with E-state index < -0.39 is 17.7 Å². The smallest absolute Gasteiger partial charge is 0.295 e. The summed E-state index contributed by atoms with van der Waals surface area (Å²) in [4.78, 5) is 31.7. The van der Waals surface area contributed by atoms with E-state index in [4.69, 9.17) is 27.9 Å². The molecule has 1 N–H and O–H groups in total. The molecule has 3 aromatic rings. The number of amides is 1. The van der Waals surface area contributed by atoms with Gasteiger partial charge in [-0.05, 0) is 48.4 Å². The molecule has 4 rings (SSSR count). The molecule has 6 nitrogen and oxygen atoms in total. The molecule has 168 valence electrons. The van der Waals surface area contributed by atoms with E-state index in [0.717, 1.165) is 5.56 Å². The van der Waals surface area contributed by atoms with E-state index in [1.54, 1.807) is 60.9 Å². The lowest BCUT2D eigenvalue weighted by Gasteiger charge is -2.25. The van der Waals surface area contributed by atoms with Gasteiger partial charge in [-0.3, -0.25) is 14.6 Å². The highest BCUT2D eigenvalue weighted by molar-refractivity contribution is 6.46. The van der Waals surface area contributed by atoms with Crippen LogP contribution in [0, 0.1) is 0 Å². The number of carbonyl (C=O) groups is 2. The molecule has 1 amide bonds. The third-order valence-corrected chi connectivity index (χ3v) is 6.03. The van der Waals surface area contributed by atoms with Crippen LogP contribution < -0.4 is 4.74 Å². The number of pyridine rings is 1. The van der Waals surface area contributed by atoms with Gasteiger partial charge in [-0.1, -0.05) is 47.5 Å². The minimum absolute atomic E-state index is 0.0315. The average Bonchev–Trinajstić information content (AvgIpc) is 3.06. The summed E-state index contributed by atoms with van der Waals surface area (Å²) in [6.07, 6.45) is 3.25. The lowest BCUT2D eigenvalue weighted by molar-refractivity contribution is -0.140. The number of rotatable bonds is 6. The summed E-state index contributed by atoms with van der Waals surface area (Å²) < 4.78 is 5.51. The normalized spacial score (nSPS) is 17.4. The molecule has 1 aliphatic heterocycles. The molecule has 0 bridgehead atoms. The van der Waals surface area contributed by atoms with Crippen molar-refractivity contribution in [2.24, 2.45) is 0 Å². The summed E-state index contributed by atoms with van der Waals surface area (Å²) in [7, 11) is 0. The van der Waals surface area contributed by atoms with Crippen LogP contribution in [0.4, 0.5) is 0 Å². The van der Waals surface area contributed by atoms with Crippen molar-refractivity contribution in [1.29, 1.82) is 0 Å². The SMILES string of the molecule is CCOc1cccc(/C(O)=C2\C(=O)C(=O)N(Cc3cccnc3)C2c2ccc(Cl)c(Cl)c2)c1. The Morgan fingerprint density at radius 1 is 1.09 bits per heavy atom. The quantitative estimate of drug-likeness (QED) is 0.288. The van der Waals surface area contributed by atoms with Crippen LogP contribution in [0.2, 0.25) is 10.0 Å². The molecule has 33 heavy (non-hydrogen) atoms. The summed E-state index contributed by atoms with van der Waals surface area (Å²) in [6.45, 7) is 2.42. The summed E-state index contributed by atoms with van der Waals surface area (Å²) in [6, 6.07) is 14.3. The zero-order chi connectivity index (χ0) is 23.5. The van der Waals surface area contributed by atoms with Crippen LogP contribution in [0.15, 0.2) is 72.6 Å². The van der Waals surface area contributed by atoms with Crippen LogP contribution in [0.25, 0.3) is 5.76 Å². The molecule has 0 radical (unpaired) electrons. The monoisotopic (exact) mass is 482 g/mol. The first kappa shape index (κ1) is 22.8. The fraction of sp³-hybridized carbons (Fsp3) is 0.160. The third-order valence-electron chi connectivity index (χ3n) is 5.29. The molecule has 0 saturated carbocycles. The van der Waals surface area contributed by atoms with Crippen LogP contribution in [0.1, 0.15) is 29.7 Å². The van der Waals surface area contributed by atoms with Crippen molar-refractivity contribution in [2.45, 2.75) is 19.5 Å². The molecule has 0 spiro atoms. The molecule has 0 aliphatic carbocycles. The maximum Gasteiger partial charge on any atom is 0.295 e. The number of aliphatic hydroxyl groups excluding tert-OH is 1.